The molecule has 1 unspecified atom stereocenters. The quantitative estimate of drug-likeness (QED) is 0.819. The Balaban J connectivity index is 2.97. The van der Waals surface area contributed by atoms with Gasteiger partial charge in [0.25, 0.3) is 0 Å². The van der Waals surface area contributed by atoms with E-state index in [1.807, 2.05) is 12.1 Å². The van der Waals surface area contributed by atoms with Gasteiger partial charge in [-0.2, -0.15) is 0 Å². The molecule has 0 fully saturated rings. The van der Waals surface area contributed by atoms with Gasteiger partial charge in [-0.3, -0.25) is 0 Å². The average molecular weight is 221 g/mol. The van der Waals surface area contributed by atoms with E-state index in [4.69, 9.17) is 5.73 Å². The van der Waals surface area contributed by atoms with E-state index < -0.39 is 0 Å². The Morgan fingerprint density at radius 2 is 1.69 bits per heavy atom. The van der Waals surface area contributed by atoms with E-state index in [0.29, 0.717) is 17.6 Å². The van der Waals surface area contributed by atoms with Crippen LogP contribution in [0.4, 0.5) is 0 Å². The Kier molecular flexibility index (Phi) is 3.98. The van der Waals surface area contributed by atoms with Gasteiger partial charge in [0.05, 0.1) is 0 Å². The highest BCUT2D eigenvalue weighted by Crippen LogP contribution is 2.33. The largest absolute Gasteiger partial charge is 0.508 e. The standard InChI is InChI=1S/C14H23NO/c1-10(2)9-13(14(3,4)15)11-5-7-12(16)8-6-11/h5-8,10,13,16H,9,15H2,1-4H3. The smallest absolute Gasteiger partial charge is 0.115 e. The first-order valence-electron chi connectivity index (χ1n) is 5.88. The molecule has 0 saturated heterocycles. The molecule has 1 aromatic carbocycles. The number of hydrogen-bond acceptors (Lipinski definition) is 2. The minimum Gasteiger partial charge on any atom is -0.508 e. The monoisotopic (exact) mass is 221 g/mol. The van der Waals surface area contributed by atoms with Gasteiger partial charge < -0.3 is 10.8 Å². The number of rotatable bonds is 4. The van der Waals surface area contributed by atoms with Gasteiger partial charge in [-0.15, -0.1) is 0 Å². The third kappa shape index (κ3) is 3.53. The number of phenols is 1. The predicted octanol–water partition coefficient (Wildman–Crippen LogP) is 3.26. The maximum atomic E-state index is 9.29. The van der Waals surface area contributed by atoms with E-state index in [9.17, 15) is 5.11 Å². The second kappa shape index (κ2) is 4.88. The van der Waals surface area contributed by atoms with Gasteiger partial charge in [0.1, 0.15) is 5.75 Å². The maximum absolute atomic E-state index is 9.29. The Morgan fingerprint density at radius 3 is 2.06 bits per heavy atom. The topological polar surface area (TPSA) is 46.2 Å². The van der Waals surface area contributed by atoms with Gasteiger partial charge in [0.2, 0.25) is 0 Å². The molecule has 0 aliphatic rings. The molecule has 16 heavy (non-hydrogen) atoms. The van der Waals surface area contributed by atoms with Crippen LogP contribution in [0.25, 0.3) is 0 Å². The van der Waals surface area contributed by atoms with Crippen LogP contribution in [-0.2, 0) is 0 Å². The minimum absolute atomic E-state index is 0.235. The van der Waals surface area contributed by atoms with Gasteiger partial charge in [0, 0.05) is 11.5 Å². The fourth-order valence-corrected chi connectivity index (χ4v) is 2.05. The summed E-state index contributed by atoms with van der Waals surface area (Å²) in [6, 6.07) is 7.40. The lowest BCUT2D eigenvalue weighted by Gasteiger charge is -2.32. The molecule has 0 saturated carbocycles. The lowest BCUT2D eigenvalue weighted by atomic mass is 9.77. The normalized spacial score (nSPS) is 14.1. The number of nitrogens with two attached hydrogens (primary N) is 1. The van der Waals surface area contributed by atoms with Crippen molar-refractivity contribution in [2.45, 2.75) is 45.6 Å². The summed E-state index contributed by atoms with van der Waals surface area (Å²) in [5.41, 5.74) is 7.21. The van der Waals surface area contributed by atoms with Crippen LogP contribution in [0.3, 0.4) is 0 Å². The van der Waals surface area contributed by atoms with Crippen molar-refractivity contribution in [3.63, 3.8) is 0 Å². The zero-order chi connectivity index (χ0) is 12.3. The van der Waals surface area contributed by atoms with Crippen molar-refractivity contribution in [3.05, 3.63) is 29.8 Å². The molecule has 2 heteroatoms. The second-order valence-electron chi connectivity index (χ2n) is 5.60. The highest BCUT2D eigenvalue weighted by atomic mass is 16.3. The molecule has 90 valence electrons. The lowest BCUT2D eigenvalue weighted by molar-refractivity contribution is 0.352. The minimum atomic E-state index is -0.235. The molecule has 2 nitrogen and oxygen atoms in total. The Labute approximate surface area is 98.5 Å². The predicted molar refractivity (Wildman–Crippen MR) is 68.6 cm³/mol. The summed E-state index contributed by atoms with van der Waals surface area (Å²) in [4.78, 5) is 0. The fourth-order valence-electron chi connectivity index (χ4n) is 2.05. The van der Waals surface area contributed by atoms with Crippen molar-refractivity contribution >= 4 is 0 Å². The summed E-state index contributed by atoms with van der Waals surface area (Å²) in [5, 5.41) is 9.29. The van der Waals surface area contributed by atoms with E-state index in [1.54, 1.807) is 12.1 Å². The van der Waals surface area contributed by atoms with E-state index in [0.717, 1.165) is 6.42 Å². The Morgan fingerprint density at radius 1 is 1.19 bits per heavy atom. The van der Waals surface area contributed by atoms with Gasteiger partial charge in [0.15, 0.2) is 0 Å². The lowest BCUT2D eigenvalue weighted by Crippen LogP contribution is -2.39. The third-order valence-corrected chi connectivity index (χ3v) is 2.90. The highest BCUT2D eigenvalue weighted by Gasteiger charge is 2.27. The Hall–Kier alpha value is -1.02. The SMILES string of the molecule is CC(C)CC(c1ccc(O)cc1)C(C)(C)N. The summed E-state index contributed by atoms with van der Waals surface area (Å²) in [5.74, 6) is 1.25. The molecule has 0 bridgehead atoms. The van der Waals surface area contributed by atoms with Crippen LogP contribution in [0.2, 0.25) is 0 Å². The van der Waals surface area contributed by atoms with Crippen molar-refractivity contribution < 1.29 is 5.11 Å². The molecule has 0 aromatic heterocycles. The van der Waals surface area contributed by atoms with Crippen molar-refractivity contribution in [2.75, 3.05) is 0 Å². The van der Waals surface area contributed by atoms with Crippen LogP contribution in [0.15, 0.2) is 24.3 Å². The zero-order valence-corrected chi connectivity index (χ0v) is 10.7. The molecule has 3 N–H and O–H groups in total. The van der Waals surface area contributed by atoms with E-state index in [1.165, 1.54) is 5.56 Å². The van der Waals surface area contributed by atoms with Crippen LogP contribution in [0.5, 0.6) is 5.75 Å². The zero-order valence-electron chi connectivity index (χ0n) is 10.7. The molecule has 1 rings (SSSR count). The van der Waals surface area contributed by atoms with Crippen LogP contribution in [-0.4, -0.2) is 10.6 Å². The molecule has 0 radical (unpaired) electrons. The van der Waals surface area contributed by atoms with Gasteiger partial charge in [-0.25, -0.2) is 0 Å². The van der Waals surface area contributed by atoms with Crippen molar-refractivity contribution in [1.29, 1.82) is 0 Å². The summed E-state index contributed by atoms with van der Waals surface area (Å²) in [6.45, 7) is 8.54. The van der Waals surface area contributed by atoms with Crippen molar-refractivity contribution in [1.82, 2.24) is 0 Å². The van der Waals surface area contributed by atoms with Gasteiger partial charge in [-0.1, -0.05) is 26.0 Å². The summed E-state index contributed by atoms with van der Waals surface area (Å²) in [7, 11) is 0. The van der Waals surface area contributed by atoms with Crippen LogP contribution in [0, 0.1) is 5.92 Å². The summed E-state index contributed by atoms with van der Waals surface area (Å²) in [6.07, 6.45) is 1.06. The second-order valence-corrected chi connectivity index (χ2v) is 5.60. The van der Waals surface area contributed by atoms with Crippen LogP contribution < -0.4 is 5.73 Å². The molecule has 0 aliphatic heterocycles. The molecule has 0 amide bonds. The van der Waals surface area contributed by atoms with Crippen molar-refractivity contribution in [3.8, 4) is 5.75 Å². The number of aromatic hydroxyl groups is 1. The molecular weight excluding hydrogens is 198 g/mol. The molecule has 1 aromatic rings. The summed E-state index contributed by atoms with van der Waals surface area (Å²) < 4.78 is 0. The first kappa shape index (κ1) is 13.0. The van der Waals surface area contributed by atoms with E-state index in [-0.39, 0.29) is 5.54 Å². The first-order chi connectivity index (χ1) is 7.30. The fraction of sp³-hybridized carbons (Fsp3) is 0.571. The molecule has 0 spiro atoms. The number of hydrogen-bond donors (Lipinski definition) is 2. The van der Waals surface area contributed by atoms with Gasteiger partial charge >= 0.3 is 0 Å². The van der Waals surface area contributed by atoms with Crippen LogP contribution >= 0.6 is 0 Å². The molecule has 1 atom stereocenters. The Bertz CT molecular complexity index is 322. The number of benzene rings is 1. The molecular formula is C14H23NO. The van der Waals surface area contributed by atoms with E-state index in [2.05, 4.69) is 27.7 Å². The first-order valence-corrected chi connectivity index (χ1v) is 5.88. The van der Waals surface area contributed by atoms with Crippen molar-refractivity contribution in [2.24, 2.45) is 11.7 Å². The summed E-state index contributed by atoms with van der Waals surface area (Å²) >= 11 is 0. The van der Waals surface area contributed by atoms with Crippen LogP contribution in [0.1, 0.15) is 45.6 Å². The molecule has 0 aliphatic carbocycles. The maximum Gasteiger partial charge on any atom is 0.115 e. The van der Waals surface area contributed by atoms with E-state index >= 15 is 0 Å². The van der Waals surface area contributed by atoms with Gasteiger partial charge in [-0.05, 0) is 43.9 Å². The highest BCUT2D eigenvalue weighted by molar-refractivity contribution is 5.30. The molecule has 0 heterocycles. The third-order valence-electron chi connectivity index (χ3n) is 2.90. The average Bonchev–Trinajstić information content (AvgIpc) is 2.14. The number of phenolic OH excluding ortho intramolecular Hbond substituents is 1.